The van der Waals surface area contributed by atoms with Gasteiger partial charge < -0.3 is 5.32 Å². The van der Waals surface area contributed by atoms with Gasteiger partial charge in [0.15, 0.2) is 0 Å². The van der Waals surface area contributed by atoms with Crippen molar-refractivity contribution in [2.75, 3.05) is 12.3 Å². The Morgan fingerprint density at radius 3 is 2.69 bits per heavy atom. The van der Waals surface area contributed by atoms with E-state index in [9.17, 15) is 0 Å². The summed E-state index contributed by atoms with van der Waals surface area (Å²) in [4.78, 5) is 1.27. The Bertz CT molecular complexity index is 315. The van der Waals surface area contributed by atoms with Gasteiger partial charge in [-0.05, 0) is 42.8 Å². The van der Waals surface area contributed by atoms with Crippen LogP contribution >= 0.6 is 23.4 Å². The van der Waals surface area contributed by atoms with Crippen molar-refractivity contribution >= 4 is 23.4 Å². The average molecular weight is 258 g/mol. The molecule has 0 radical (unpaired) electrons. The van der Waals surface area contributed by atoms with Crippen LogP contribution in [0.15, 0.2) is 23.1 Å². The molecule has 0 heterocycles. The van der Waals surface area contributed by atoms with E-state index in [1.165, 1.54) is 16.9 Å². The van der Waals surface area contributed by atoms with E-state index >= 15 is 0 Å². The number of thioether (sulfide) groups is 1. The van der Waals surface area contributed by atoms with E-state index in [2.05, 4.69) is 37.4 Å². The monoisotopic (exact) mass is 257 g/mol. The van der Waals surface area contributed by atoms with Crippen LogP contribution in [0.25, 0.3) is 0 Å². The lowest BCUT2D eigenvalue weighted by Gasteiger charge is -2.07. The van der Waals surface area contributed by atoms with E-state index in [1.54, 1.807) is 0 Å². The Kier molecular flexibility index (Phi) is 6.93. The molecule has 16 heavy (non-hydrogen) atoms. The fraction of sp³-hybridized carbons (Fsp3) is 0.538. The van der Waals surface area contributed by atoms with Gasteiger partial charge in [0.1, 0.15) is 0 Å². The first-order chi connectivity index (χ1) is 7.77. The summed E-state index contributed by atoms with van der Waals surface area (Å²) in [5.74, 6) is 1.16. The number of rotatable bonds is 7. The standard InChI is InChI=1S/C13H20ClNS/c1-3-7-15-10-11-5-6-12(9-13(11)14)16-8-4-2/h5-6,9,15H,3-4,7-8,10H2,1-2H3. The van der Waals surface area contributed by atoms with Crippen molar-refractivity contribution in [1.82, 2.24) is 5.32 Å². The summed E-state index contributed by atoms with van der Waals surface area (Å²) < 4.78 is 0. The fourth-order valence-electron chi connectivity index (χ4n) is 1.38. The second kappa shape index (κ2) is 7.99. The first-order valence-electron chi connectivity index (χ1n) is 5.89. The third kappa shape index (κ3) is 4.77. The molecule has 3 heteroatoms. The number of hydrogen-bond donors (Lipinski definition) is 1. The van der Waals surface area contributed by atoms with Crippen molar-refractivity contribution in [1.29, 1.82) is 0 Å². The molecule has 0 saturated heterocycles. The predicted molar refractivity (Wildman–Crippen MR) is 74.5 cm³/mol. The van der Waals surface area contributed by atoms with E-state index in [0.717, 1.165) is 30.3 Å². The van der Waals surface area contributed by atoms with Crippen LogP contribution in [-0.2, 0) is 6.54 Å². The van der Waals surface area contributed by atoms with Gasteiger partial charge in [0.05, 0.1) is 0 Å². The smallest absolute Gasteiger partial charge is 0.0462 e. The van der Waals surface area contributed by atoms with Crippen molar-refractivity contribution in [3.63, 3.8) is 0 Å². The summed E-state index contributed by atoms with van der Waals surface area (Å²) in [6.45, 7) is 6.27. The van der Waals surface area contributed by atoms with Crippen LogP contribution in [0.3, 0.4) is 0 Å². The highest BCUT2D eigenvalue weighted by atomic mass is 35.5. The number of benzene rings is 1. The van der Waals surface area contributed by atoms with Gasteiger partial charge in [-0.3, -0.25) is 0 Å². The maximum Gasteiger partial charge on any atom is 0.0462 e. The van der Waals surface area contributed by atoms with Crippen LogP contribution < -0.4 is 5.32 Å². The van der Waals surface area contributed by atoms with E-state index < -0.39 is 0 Å². The molecular formula is C13H20ClNS. The lowest BCUT2D eigenvalue weighted by atomic mass is 10.2. The summed E-state index contributed by atoms with van der Waals surface area (Å²) in [5.41, 5.74) is 1.19. The minimum Gasteiger partial charge on any atom is -0.313 e. The second-order valence-electron chi connectivity index (χ2n) is 3.78. The molecular weight excluding hydrogens is 238 g/mol. The quantitative estimate of drug-likeness (QED) is 0.576. The highest BCUT2D eigenvalue weighted by molar-refractivity contribution is 7.99. The lowest BCUT2D eigenvalue weighted by molar-refractivity contribution is 0.675. The van der Waals surface area contributed by atoms with E-state index in [0.29, 0.717) is 0 Å². The molecule has 0 aliphatic heterocycles. The molecule has 1 rings (SSSR count). The van der Waals surface area contributed by atoms with Crippen LogP contribution in [0.2, 0.25) is 5.02 Å². The zero-order valence-corrected chi connectivity index (χ0v) is 11.6. The topological polar surface area (TPSA) is 12.0 Å². The first kappa shape index (κ1) is 13.9. The summed E-state index contributed by atoms with van der Waals surface area (Å²) in [6.07, 6.45) is 2.35. The molecule has 0 unspecified atom stereocenters. The third-order valence-electron chi connectivity index (χ3n) is 2.24. The minimum atomic E-state index is 0.866. The highest BCUT2D eigenvalue weighted by Crippen LogP contribution is 2.25. The summed E-state index contributed by atoms with van der Waals surface area (Å²) in [7, 11) is 0. The van der Waals surface area contributed by atoms with Gasteiger partial charge in [-0.15, -0.1) is 11.8 Å². The fourth-order valence-corrected chi connectivity index (χ4v) is 2.50. The Morgan fingerprint density at radius 1 is 1.25 bits per heavy atom. The number of nitrogens with one attached hydrogen (secondary N) is 1. The molecule has 1 nitrogen and oxygen atoms in total. The number of hydrogen-bond acceptors (Lipinski definition) is 2. The first-order valence-corrected chi connectivity index (χ1v) is 7.26. The van der Waals surface area contributed by atoms with Gasteiger partial charge in [0.25, 0.3) is 0 Å². The molecule has 90 valence electrons. The van der Waals surface area contributed by atoms with Gasteiger partial charge in [-0.1, -0.05) is 31.5 Å². The van der Waals surface area contributed by atoms with E-state index in [1.807, 2.05) is 11.8 Å². The molecule has 0 aromatic heterocycles. The molecule has 0 aliphatic carbocycles. The highest BCUT2D eigenvalue weighted by Gasteiger charge is 2.01. The van der Waals surface area contributed by atoms with Crippen LogP contribution in [0, 0.1) is 0 Å². The Morgan fingerprint density at radius 2 is 2.06 bits per heavy atom. The summed E-state index contributed by atoms with van der Waals surface area (Å²) in [6, 6.07) is 6.36. The van der Waals surface area contributed by atoms with Crippen LogP contribution in [0.5, 0.6) is 0 Å². The Hall–Kier alpha value is -0.180. The maximum atomic E-state index is 6.23. The Labute approximate surface area is 108 Å². The molecule has 0 saturated carbocycles. The molecule has 1 aromatic carbocycles. The molecule has 1 aromatic rings. The van der Waals surface area contributed by atoms with Crippen molar-refractivity contribution in [3.8, 4) is 0 Å². The van der Waals surface area contributed by atoms with Gasteiger partial charge in [-0.25, -0.2) is 0 Å². The van der Waals surface area contributed by atoms with Gasteiger partial charge in [0.2, 0.25) is 0 Å². The van der Waals surface area contributed by atoms with Gasteiger partial charge >= 0.3 is 0 Å². The van der Waals surface area contributed by atoms with Crippen LogP contribution in [0.1, 0.15) is 32.3 Å². The number of halogens is 1. The van der Waals surface area contributed by atoms with Crippen molar-refractivity contribution in [2.24, 2.45) is 0 Å². The maximum absolute atomic E-state index is 6.23. The predicted octanol–water partition coefficient (Wildman–Crippen LogP) is 4.34. The zero-order valence-electron chi connectivity index (χ0n) is 10.1. The Balaban J connectivity index is 2.53. The van der Waals surface area contributed by atoms with Crippen molar-refractivity contribution in [2.45, 2.75) is 38.1 Å². The molecule has 0 spiro atoms. The zero-order chi connectivity index (χ0) is 11.8. The normalized spacial score (nSPS) is 10.7. The average Bonchev–Trinajstić information content (AvgIpc) is 2.29. The summed E-state index contributed by atoms with van der Waals surface area (Å²) in [5, 5.41) is 4.24. The third-order valence-corrected chi connectivity index (χ3v) is 3.79. The molecule has 0 aliphatic rings. The van der Waals surface area contributed by atoms with E-state index in [4.69, 9.17) is 11.6 Å². The van der Waals surface area contributed by atoms with Gasteiger partial charge in [-0.2, -0.15) is 0 Å². The minimum absolute atomic E-state index is 0.866. The molecule has 0 fully saturated rings. The van der Waals surface area contributed by atoms with E-state index in [-0.39, 0.29) is 0 Å². The van der Waals surface area contributed by atoms with Crippen LogP contribution in [0.4, 0.5) is 0 Å². The van der Waals surface area contributed by atoms with Gasteiger partial charge in [0, 0.05) is 16.5 Å². The van der Waals surface area contributed by atoms with Crippen molar-refractivity contribution < 1.29 is 0 Å². The molecule has 0 atom stereocenters. The summed E-state index contributed by atoms with van der Waals surface area (Å²) >= 11 is 8.10. The largest absolute Gasteiger partial charge is 0.313 e. The van der Waals surface area contributed by atoms with Crippen molar-refractivity contribution in [3.05, 3.63) is 28.8 Å². The SMILES string of the molecule is CCCNCc1ccc(SCCC)cc1Cl. The molecule has 1 N–H and O–H groups in total. The second-order valence-corrected chi connectivity index (χ2v) is 5.35. The van der Waals surface area contributed by atoms with Crippen LogP contribution in [-0.4, -0.2) is 12.3 Å². The lowest BCUT2D eigenvalue weighted by Crippen LogP contribution is -2.13. The molecule has 0 amide bonds. The molecule has 0 bridgehead atoms.